The number of likely N-dealkylation sites (tertiary alicyclic amines) is 1. The predicted octanol–water partition coefficient (Wildman–Crippen LogP) is 2.64. The average Bonchev–Trinajstić information content (AvgIpc) is 2.25. The molecule has 60 valence electrons. The van der Waals surface area contributed by atoms with E-state index in [1.165, 1.54) is 18.5 Å². The minimum absolute atomic E-state index is 0.725. The molecule has 1 heterocycles. The second-order valence-corrected chi connectivity index (χ2v) is 2.56. The molecule has 1 aliphatic heterocycles. The molecule has 0 spiro atoms. The van der Waals surface area contributed by atoms with E-state index in [2.05, 4.69) is 25.5 Å². The maximum Gasteiger partial charge on any atom is 0.0258 e. The van der Waals surface area contributed by atoms with E-state index < -0.39 is 0 Å². The van der Waals surface area contributed by atoms with Crippen molar-refractivity contribution in [2.75, 3.05) is 7.05 Å². The van der Waals surface area contributed by atoms with E-state index >= 15 is 0 Å². The van der Waals surface area contributed by atoms with Gasteiger partial charge in [-0.25, -0.2) is 0 Å². The van der Waals surface area contributed by atoms with Gasteiger partial charge in [-0.1, -0.05) is 20.4 Å². The van der Waals surface area contributed by atoms with Crippen molar-refractivity contribution in [1.82, 2.24) is 4.90 Å². The fourth-order valence-corrected chi connectivity index (χ4v) is 1.06. The molecule has 1 nitrogen and oxygen atoms in total. The second-order valence-electron chi connectivity index (χ2n) is 2.56. The summed E-state index contributed by atoms with van der Waals surface area (Å²) in [6.07, 6.45) is 2.48. The first-order valence-electron chi connectivity index (χ1n) is 4.12. The highest BCUT2D eigenvalue weighted by atomic mass is 15.2. The molecule has 0 aromatic heterocycles. The summed E-state index contributed by atoms with van der Waals surface area (Å²) in [5.74, 6) is 0. The molecule has 0 aromatic rings. The lowest BCUT2D eigenvalue weighted by molar-refractivity contribution is 0.377. The summed E-state index contributed by atoms with van der Waals surface area (Å²) < 4.78 is 0. The third kappa shape index (κ3) is 2.05. The van der Waals surface area contributed by atoms with Gasteiger partial charge in [-0.3, -0.25) is 0 Å². The van der Waals surface area contributed by atoms with Gasteiger partial charge in [0.2, 0.25) is 0 Å². The molecule has 0 aromatic carbocycles. The normalized spacial score (nSPS) is 24.2. The summed E-state index contributed by atoms with van der Waals surface area (Å²) in [4.78, 5) is 2.25. The van der Waals surface area contributed by atoms with Gasteiger partial charge in [-0.2, -0.15) is 0 Å². The summed E-state index contributed by atoms with van der Waals surface area (Å²) in [5, 5.41) is 0. The average molecular weight is 141 g/mol. The van der Waals surface area contributed by atoms with Gasteiger partial charge in [-0.05, 0) is 19.8 Å². The largest absolute Gasteiger partial charge is 0.376 e. The SMILES string of the molecule is C=C1CCC(C)N1C.CC. The molecule has 0 amide bonds. The van der Waals surface area contributed by atoms with Crippen LogP contribution >= 0.6 is 0 Å². The van der Waals surface area contributed by atoms with Crippen LogP contribution in [0, 0.1) is 0 Å². The lowest BCUT2D eigenvalue weighted by Gasteiger charge is -2.17. The lowest BCUT2D eigenvalue weighted by Crippen LogP contribution is -2.19. The Morgan fingerprint density at radius 3 is 2.10 bits per heavy atom. The van der Waals surface area contributed by atoms with E-state index in [-0.39, 0.29) is 0 Å². The Morgan fingerprint density at radius 2 is 2.00 bits per heavy atom. The number of allylic oxidation sites excluding steroid dienone is 1. The fourth-order valence-electron chi connectivity index (χ4n) is 1.06. The van der Waals surface area contributed by atoms with Crippen LogP contribution in [0.15, 0.2) is 12.3 Å². The van der Waals surface area contributed by atoms with Crippen LogP contribution in [0.5, 0.6) is 0 Å². The smallest absolute Gasteiger partial charge is 0.0258 e. The molecule has 1 atom stereocenters. The first-order valence-corrected chi connectivity index (χ1v) is 4.12. The quantitative estimate of drug-likeness (QED) is 0.501. The molecule has 0 N–H and O–H groups in total. The molecular formula is C9H19N. The lowest BCUT2D eigenvalue weighted by atomic mass is 10.2. The van der Waals surface area contributed by atoms with E-state index in [0.29, 0.717) is 0 Å². The molecule has 1 rings (SSSR count). The van der Waals surface area contributed by atoms with Crippen LogP contribution in [0.3, 0.4) is 0 Å². The summed E-state index contributed by atoms with van der Waals surface area (Å²) in [6, 6.07) is 0.725. The van der Waals surface area contributed by atoms with E-state index in [1.807, 2.05) is 13.8 Å². The minimum atomic E-state index is 0.725. The van der Waals surface area contributed by atoms with E-state index in [4.69, 9.17) is 0 Å². The summed E-state index contributed by atoms with van der Waals surface area (Å²) in [7, 11) is 2.11. The van der Waals surface area contributed by atoms with Crippen LogP contribution in [-0.2, 0) is 0 Å². The van der Waals surface area contributed by atoms with Crippen molar-refractivity contribution in [1.29, 1.82) is 0 Å². The summed E-state index contributed by atoms with van der Waals surface area (Å²) in [6.45, 7) is 10.1. The summed E-state index contributed by atoms with van der Waals surface area (Å²) >= 11 is 0. The number of hydrogen-bond donors (Lipinski definition) is 0. The van der Waals surface area contributed by atoms with Crippen molar-refractivity contribution in [3.63, 3.8) is 0 Å². The molecule has 0 aliphatic carbocycles. The number of hydrogen-bond acceptors (Lipinski definition) is 1. The second kappa shape index (κ2) is 4.37. The van der Waals surface area contributed by atoms with Crippen molar-refractivity contribution in [3.8, 4) is 0 Å². The first-order chi connectivity index (χ1) is 4.72. The van der Waals surface area contributed by atoms with Gasteiger partial charge < -0.3 is 4.90 Å². The highest BCUT2D eigenvalue weighted by Crippen LogP contribution is 2.22. The zero-order valence-corrected chi connectivity index (χ0v) is 7.65. The van der Waals surface area contributed by atoms with Crippen molar-refractivity contribution < 1.29 is 0 Å². The maximum absolute atomic E-state index is 3.91. The van der Waals surface area contributed by atoms with Crippen LogP contribution < -0.4 is 0 Å². The molecule has 0 saturated carbocycles. The van der Waals surface area contributed by atoms with Crippen LogP contribution in [0.25, 0.3) is 0 Å². The molecule has 1 saturated heterocycles. The van der Waals surface area contributed by atoms with E-state index in [0.717, 1.165) is 6.04 Å². The minimum Gasteiger partial charge on any atom is -0.376 e. The third-order valence-corrected chi connectivity index (χ3v) is 2.01. The number of nitrogens with zero attached hydrogens (tertiary/aromatic N) is 1. The van der Waals surface area contributed by atoms with E-state index in [1.54, 1.807) is 0 Å². The molecule has 10 heavy (non-hydrogen) atoms. The van der Waals surface area contributed by atoms with Crippen LogP contribution in [0.4, 0.5) is 0 Å². The molecule has 1 fully saturated rings. The van der Waals surface area contributed by atoms with Gasteiger partial charge in [0, 0.05) is 18.8 Å². The Labute approximate surface area is 64.7 Å². The molecule has 1 heteroatoms. The van der Waals surface area contributed by atoms with Crippen molar-refractivity contribution >= 4 is 0 Å². The topological polar surface area (TPSA) is 3.24 Å². The molecular weight excluding hydrogens is 122 g/mol. The Kier molecular flexibility index (Phi) is 4.17. The van der Waals surface area contributed by atoms with Crippen LogP contribution in [0.1, 0.15) is 33.6 Å². The standard InChI is InChI=1S/C7H13N.C2H6/c1-6-4-5-7(2)8(6)3;1-2/h7H,1,4-5H2,2-3H3;1-2H3. The Hall–Kier alpha value is -0.460. The van der Waals surface area contributed by atoms with Gasteiger partial charge in [0.05, 0.1) is 0 Å². The van der Waals surface area contributed by atoms with Gasteiger partial charge in [0.15, 0.2) is 0 Å². The monoisotopic (exact) mass is 141 g/mol. The van der Waals surface area contributed by atoms with Gasteiger partial charge >= 0.3 is 0 Å². The third-order valence-electron chi connectivity index (χ3n) is 2.01. The van der Waals surface area contributed by atoms with Crippen LogP contribution in [-0.4, -0.2) is 18.0 Å². The van der Waals surface area contributed by atoms with Gasteiger partial charge in [0.1, 0.15) is 0 Å². The van der Waals surface area contributed by atoms with Crippen molar-refractivity contribution in [2.24, 2.45) is 0 Å². The van der Waals surface area contributed by atoms with E-state index in [9.17, 15) is 0 Å². The van der Waals surface area contributed by atoms with Crippen molar-refractivity contribution in [2.45, 2.75) is 39.7 Å². The number of rotatable bonds is 0. The molecule has 0 radical (unpaired) electrons. The molecule has 1 aliphatic rings. The van der Waals surface area contributed by atoms with Gasteiger partial charge in [0.25, 0.3) is 0 Å². The van der Waals surface area contributed by atoms with Crippen LogP contribution in [0.2, 0.25) is 0 Å². The highest BCUT2D eigenvalue weighted by molar-refractivity contribution is 5.00. The van der Waals surface area contributed by atoms with Gasteiger partial charge in [-0.15, -0.1) is 0 Å². The first kappa shape index (κ1) is 9.54. The predicted molar refractivity (Wildman–Crippen MR) is 46.9 cm³/mol. The van der Waals surface area contributed by atoms with Crippen molar-refractivity contribution in [3.05, 3.63) is 12.3 Å². The zero-order chi connectivity index (χ0) is 8.15. The Balaban J connectivity index is 0.000000371. The highest BCUT2D eigenvalue weighted by Gasteiger charge is 2.17. The fraction of sp³-hybridized carbons (Fsp3) is 0.778. The molecule has 0 bridgehead atoms. The Morgan fingerprint density at radius 1 is 1.50 bits per heavy atom. The zero-order valence-electron chi connectivity index (χ0n) is 7.65. The summed E-state index contributed by atoms with van der Waals surface area (Å²) in [5.41, 5.74) is 1.29. The Bertz CT molecular complexity index is 107. The maximum atomic E-state index is 3.91. The molecule has 1 unspecified atom stereocenters.